The van der Waals surface area contributed by atoms with Gasteiger partial charge in [-0.1, -0.05) is 20.8 Å². The molecule has 15 heteroatoms. The van der Waals surface area contributed by atoms with Crippen LogP contribution < -0.4 is 10.6 Å². The highest BCUT2D eigenvalue weighted by Crippen LogP contribution is 2.42. The zero-order valence-corrected chi connectivity index (χ0v) is 27.1. The van der Waals surface area contributed by atoms with Crippen LogP contribution in [0, 0.1) is 0 Å². The lowest BCUT2D eigenvalue weighted by Gasteiger charge is -2.36. The quantitative estimate of drug-likeness (QED) is 0.224. The van der Waals surface area contributed by atoms with Crippen LogP contribution in [0.1, 0.15) is 86.2 Å². The van der Waals surface area contributed by atoms with E-state index in [2.05, 4.69) is 54.5 Å². The number of nitrogens with one attached hydrogen (secondary N) is 2. The number of thiazole rings is 1. The number of nitrogens with zero attached hydrogens (tertiary/aromatic N) is 3. The Hall–Kier alpha value is -2.65. The highest BCUT2D eigenvalue weighted by molar-refractivity contribution is 7.17. The summed E-state index contributed by atoms with van der Waals surface area (Å²) in [5, 5.41) is 4.88. The van der Waals surface area contributed by atoms with Crippen molar-refractivity contribution in [3.63, 3.8) is 0 Å². The molecule has 238 valence electrons. The Morgan fingerprint density at radius 1 is 1.21 bits per heavy atom. The number of pyridine rings is 1. The molecule has 4 rings (SSSR count). The fourth-order valence-electron chi connectivity index (χ4n) is 4.58. The monoisotopic (exact) mass is 647 g/mol. The standard InChI is InChI=1S/C28H38F5N5O3SSi/c1-14-9-8-10-38(14)26(40)21-22(17-13-34-20(11-16(17)23(29)30)35-15(2)28(31,32)33)42-25(37-21)24(39)36-18-12-19(18)41-43(6,7)27(3,4)5/h11,13-15,18-19,23H,8-10,12H2,1-7H3,(H,34,35)(H,36,39)/t14-,15-,18+,19+/m0/s1. The van der Waals surface area contributed by atoms with Crippen LogP contribution in [0.3, 0.4) is 0 Å². The van der Waals surface area contributed by atoms with E-state index in [1.807, 2.05) is 6.92 Å². The van der Waals surface area contributed by atoms with E-state index in [1.54, 1.807) is 4.90 Å². The van der Waals surface area contributed by atoms with Gasteiger partial charge >= 0.3 is 6.18 Å². The number of hydrogen-bond acceptors (Lipinski definition) is 7. The van der Waals surface area contributed by atoms with E-state index >= 15 is 0 Å². The van der Waals surface area contributed by atoms with Gasteiger partial charge in [0, 0.05) is 29.9 Å². The SMILES string of the molecule is C[C@H](Nc1cc(C(F)F)c(-c2sc(C(=O)N[C@@H]3C[C@H]3O[Si](C)(C)C(C)(C)C)nc2C(=O)N2CCC[C@@H]2C)cn1)C(F)(F)F. The van der Waals surface area contributed by atoms with E-state index in [0.29, 0.717) is 13.0 Å². The predicted octanol–water partition coefficient (Wildman–Crippen LogP) is 7.02. The Morgan fingerprint density at radius 3 is 2.44 bits per heavy atom. The number of likely N-dealkylation sites (tertiary alicyclic amines) is 1. The molecule has 2 aliphatic rings. The Bertz CT molecular complexity index is 1360. The summed E-state index contributed by atoms with van der Waals surface area (Å²) in [6.07, 6.45) is -4.73. The van der Waals surface area contributed by atoms with Crippen molar-refractivity contribution in [3.05, 3.63) is 28.5 Å². The Morgan fingerprint density at radius 2 is 1.88 bits per heavy atom. The van der Waals surface area contributed by atoms with Crippen LogP contribution in [0.25, 0.3) is 10.4 Å². The number of carbonyl (C=O) groups excluding carboxylic acids is 2. The minimum atomic E-state index is -4.62. The van der Waals surface area contributed by atoms with Crippen molar-refractivity contribution in [1.82, 2.24) is 20.2 Å². The van der Waals surface area contributed by atoms with E-state index in [9.17, 15) is 31.5 Å². The minimum absolute atomic E-state index is 0.0113. The average molecular weight is 648 g/mol. The lowest BCUT2D eigenvalue weighted by molar-refractivity contribution is -0.138. The number of alkyl halides is 5. The van der Waals surface area contributed by atoms with Gasteiger partial charge in [0.15, 0.2) is 13.3 Å². The summed E-state index contributed by atoms with van der Waals surface area (Å²) in [4.78, 5) is 36.8. The van der Waals surface area contributed by atoms with Crippen LogP contribution in [0.15, 0.2) is 12.3 Å². The maximum atomic E-state index is 14.3. The number of carbonyl (C=O) groups is 2. The number of aromatic nitrogens is 2. The molecule has 1 aliphatic carbocycles. The molecule has 8 nitrogen and oxygen atoms in total. The highest BCUT2D eigenvalue weighted by Gasteiger charge is 2.48. The van der Waals surface area contributed by atoms with Gasteiger partial charge in [0.2, 0.25) is 0 Å². The maximum absolute atomic E-state index is 14.3. The third-order valence-corrected chi connectivity index (χ3v) is 14.0. The molecule has 0 bridgehead atoms. The van der Waals surface area contributed by atoms with Crippen LogP contribution in [-0.2, 0) is 4.43 Å². The lowest BCUT2D eigenvalue weighted by atomic mass is 10.1. The highest BCUT2D eigenvalue weighted by atomic mass is 32.1. The molecule has 2 amide bonds. The van der Waals surface area contributed by atoms with Gasteiger partial charge in [-0.05, 0) is 57.3 Å². The zero-order valence-electron chi connectivity index (χ0n) is 25.2. The molecule has 2 fully saturated rings. The van der Waals surface area contributed by atoms with Crippen molar-refractivity contribution in [2.24, 2.45) is 0 Å². The second-order valence-corrected chi connectivity index (χ2v) is 18.5. The summed E-state index contributed by atoms with van der Waals surface area (Å²) in [6, 6.07) is -1.55. The molecule has 1 saturated heterocycles. The first-order valence-corrected chi connectivity index (χ1v) is 17.9. The van der Waals surface area contributed by atoms with Crippen molar-refractivity contribution in [1.29, 1.82) is 0 Å². The molecule has 2 aromatic heterocycles. The van der Waals surface area contributed by atoms with Crippen molar-refractivity contribution in [2.75, 3.05) is 11.9 Å². The van der Waals surface area contributed by atoms with Crippen LogP contribution >= 0.6 is 11.3 Å². The summed E-state index contributed by atoms with van der Waals surface area (Å²) >= 11 is 0.777. The fraction of sp³-hybridized carbons (Fsp3) is 0.643. The molecule has 0 unspecified atom stereocenters. The van der Waals surface area contributed by atoms with Gasteiger partial charge < -0.3 is 20.0 Å². The average Bonchev–Trinajstić information content (AvgIpc) is 3.24. The van der Waals surface area contributed by atoms with Crippen LogP contribution in [0.5, 0.6) is 0 Å². The molecule has 0 spiro atoms. The molecule has 3 heterocycles. The van der Waals surface area contributed by atoms with Gasteiger partial charge in [-0.15, -0.1) is 11.3 Å². The first-order valence-electron chi connectivity index (χ1n) is 14.2. The Balaban J connectivity index is 1.65. The van der Waals surface area contributed by atoms with Crippen molar-refractivity contribution in [3.8, 4) is 10.4 Å². The van der Waals surface area contributed by atoms with Crippen molar-refractivity contribution < 1.29 is 36.0 Å². The first kappa shape index (κ1) is 33.2. The van der Waals surface area contributed by atoms with Crippen LogP contribution in [0.4, 0.5) is 27.8 Å². The van der Waals surface area contributed by atoms with Gasteiger partial charge in [0.25, 0.3) is 18.2 Å². The molecule has 2 N–H and O–H groups in total. The first-order chi connectivity index (χ1) is 19.8. The van der Waals surface area contributed by atoms with Gasteiger partial charge in [-0.25, -0.2) is 18.7 Å². The van der Waals surface area contributed by atoms with Crippen molar-refractivity contribution in [2.45, 2.75) is 109 Å². The van der Waals surface area contributed by atoms with Gasteiger partial charge in [0.05, 0.1) is 17.0 Å². The molecule has 0 radical (unpaired) electrons. The van der Waals surface area contributed by atoms with Gasteiger partial charge in [0.1, 0.15) is 17.6 Å². The Kier molecular flexibility index (Phi) is 9.30. The maximum Gasteiger partial charge on any atom is 0.408 e. The van der Waals surface area contributed by atoms with Gasteiger partial charge in [-0.2, -0.15) is 13.2 Å². The normalized spacial score (nSPS) is 21.7. The Labute approximate surface area is 252 Å². The van der Waals surface area contributed by atoms with Crippen molar-refractivity contribution >= 4 is 37.3 Å². The van der Waals surface area contributed by atoms with E-state index in [-0.39, 0.29) is 44.4 Å². The molecule has 4 atom stereocenters. The molecule has 1 aliphatic heterocycles. The van der Waals surface area contributed by atoms with E-state index in [0.717, 1.165) is 43.4 Å². The molecule has 43 heavy (non-hydrogen) atoms. The molecular formula is C28H38F5N5O3SSi. The largest absolute Gasteiger partial charge is 0.412 e. The fourth-order valence-corrected chi connectivity index (χ4v) is 6.94. The second-order valence-electron chi connectivity index (χ2n) is 12.8. The number of hydrogen-bond donors (Lipinski definition) is 2. The molecule has 1 saturated carbocycles. The zero-order chi connectivity index (χ0) is 32.1. The lowest BCUT2D eigenvalue weighted by Crippen LogP contribution is -2.42. The second kappa shape index (κ2) is 12.0. The summed E-state index contributed by atoms with van der Waals surface area (Å²) in [6.45, 7) is 13.8. The summed E-state index contributed by atoms with van der Waals surface area (Å²) in [5.74, 6) is -1.46. The predicted molar refractivity (Wildman–Crippen MR) is 157 cm³/mol. The minimum Gasteiger partial charge on any atom is -0.412 e. The smallest absolute Gasteiger partial charge is 0.408 e. The molecule has 2 aromatic rings. The third kappa shape index (κ3) is 7.36. The number of anilines is 1. The number of rotatable bonds is 9. The van der Waals surface area contributed by atoms with E-state index in [4.69, 9.17) is 4.43 Å². The van der Waals surface area contributed by atoms with E-state index < -0.39 is 50.2 Å². The van der Waals surface area contributed by atoms with Crippen LogP contribution in [0.2, 0.25) is 18.1 Å². The third-order valence-electron chi connectivity index (χ3n) is 8.41. The molecule has 0 aromatic carbocycles. The number of halogens is 5. The molecular weight excluding hydrogens is 609 g/mol. The summed E-state index contributed by atoms with van der Waals surface area (Å²) in [5.41, 5.74) is -0.963. The van der Waals surface area contributed by atoms with E-state index in [1.165, 1.54) is 0 Å². The summed E-state index contributed by atoms with van der Waals surface area (Å²) < 4.78 is 74.1. The topological polar surface area (TPSA) is 96.4 Å². The summed E-state index contributed by atoms with van der Waals surface area (Å²) in [7, 11) is -2.07. The van der Waals surface area contributed by atoms with Gasteiger partial charge in [-0.3, -0.25) is 9.59 Å². The van der Waals surface area contributed by atoms with Crippen LogP contribution in [-0.4, -0.2) is 72.0 Å². The number of amides is 2.